The second-order valence-corrected chi connectivity index (χ2v) is 2.51. The van der Waals surface area contributed by atoms with Crippen LogP contribution in [0.4, 0.5) is 0 Å². The number of aliphatic hydroxyl groups excluding tert-OH is 5. The molecule has 0 aromatic rings. The maximum atomic E-state index is 10.1. The molecule has 0 spiro atoms. The Bertz CT molecular complexity index is 184. The monoisotopic (exact) mass is 304 g/mol. The molecule has 0 amide bonds. The van der Waals surface area contributed by atoms with E-state index in [1.165, 1.54) is 0 Å². The van der Waals surface area contributed by atoms with Crippen molar-refractivity contribution >= 4 is 94.6 Å². The van der Waals surface area contributed by atoms with Gasteiger partial charge in [0.15, 0.2) is 6.10 Å². The molecule has 0 aliphatic rings. The molecular formula is C6H19Na3O9. The molecule has 0 saturated heterocycles. The molecule has 18 heavy (non-hydrogen) atoms. The third kappa shape index (κ3) is 13.2. The fourth-order valence-corrected chi connectivity index (χ4v) is 0.668. The van der Waals surface area contributed by atoms with E-state index >= 15 is 0 Å². The van der Waals surface area contributed by atoms with Crippen molar-refractivity contribution in [3.63, 3.8) is 0 Å². The van der Waals surface area contributed by atoms with E-state index in [1.807, 2.05) is 0 Å². The average molecular weight is 304 g/mol. The quantitative estimate of drug-likeness (QED) is 0.271. The van der Waals surface area contributed by atoms with Gasteiger partial charge in [-0.2, -0.15) is 0 Å². The first-order valence-electron chi connectivity index (χ1n) is 3.47. The van der Waals surface area contributed by atoms with Crippen LogP contribution < -0.4 is 0 Å². The van der Waals surface area contributed by atoms with Crippen LogP contribution in [-0.4, -0.2) is 167 Å². The Hall–Kier alpha value is 2.19. The van der Waals surface area contributed by atoms with Gasteiger partial charge in [0.2, 0.25) is 0 Å². The van der Waals surface area contributed by atoms with Crippen molar-refractivity contribution in [2.75, 3.05) is 6.61 Å². The van der Waals surface area contributed by atoms with E-state index in [-0.39, 0.29) is 99.6 Å². The first-order valence-corrected chi connectivity index (χ1v) is 3.47. The van der Waals surface area contributed by atoms with Crippen molar-refractivity contribution in [1.82, 2.24) is 0 Å². The van der Waals surface area contributed by atoms with Crippen molar-refractivity contribution in [1.29, 1.82) is 0 Å². The van der Waals surface area contributed by atoms with Crippen molar-refractivity contribution < 1.29 is 46.4 Å². The number of hydrogen-bond donors (Lipinski definition) is 6. The minimum absolute atomic E-state index is 0. The SMILES string of the molecule is O.O.O=C(O)[C@H](O)[C@@H](O)[C@H](O)[C@H](O)CO.[NaH].[NaH].[NaH]. The normalized spacial score (nSPS) is 14.7. The van der Waals surface area contributed by atoms with E-state index in [0.717, 1.165) is 0 Å². The van der Waals surface area contributed by atoms with Crippen LogP contribution in [0.3, 0.4) is 0 Å². The molecule has 0 aromatic heterocycles. The molecule has 0 bridgehead atoms. The van der Waals surface area contributed by atoms with Gasteiger partial charge in [0.1, 0.15) is 18.3 Å². The van der Waals surface area contributed by atoms with E-state index in [0.29, 0.717) is 0 Å². The Morgan fingerprint density at radius 2 is 1.22 bits per heavy atom. The number of carboxylic acid groups (broad SMARTS) is 1. The van der Waals surface area contributed by atoms with Crippen molar-refractivity contribution in [2.45, 2.75) is 24.4 Å². The topological polar surface area (TPSA) is 201 Å². The van der Waals surface area contributed by atoms with Crippen LogP contribution in [-0.2, 0) is 4.79 Å². The predicted molar refractivity (Wildman–Crippen MR) is 67.4 cm³/mol. The number of carboxylic acids is 1. The van der Waals surface area contributed by atoms with E-state index in [4.69, 9.17) is 30.6 Å². The molecular weight excluding hydrogens is 285 g/mol. The number of carbonyl (C=O) groups is 1. The summed E-state index contributed by atoms with van der Waals surface area (Å²) in [5.41, 5.74) is 0. The van der Waals surface area contributed by atoms with Gasteiger partial charge in [-0.15, -0.1) is 0 Å². The molecule has 4 atom stereocenters. The summed E-state index contributed by atoms with van der Waals surface area (Å²) in [4.78, 5) is 10.1. The van der Waals surface area contributed by atoms with Gasteiger partial charge in [0.25, 0.3) is 0 Å². The molecule has 0 saturated carbocycles. The Kier molecular flexibility index (Phi) is 39.4. The summed E-state index contributed by atoms with van der Waals surface area (Å²) >= 11 is 0. The number of hydrogen-bond acceptors (Lipinski definition) is 6. The van der Waals surface area contributed by atoms with Crippen LogP contribution in [0.5, 0.6) is 0 Å². The van der Waals surface area contributed by atoms with E-state index in [9.17, 15) is 4.79 Å². The summed E-state index contributed by atoms with van der Waals surface area (Å²) in [6.45, 7) is -0.843. The average Bonchev–Trinajstić information content (AvgIpc) is 2.12. The fraction of sp³-hybridized carbons (Fsp3) is 0.833. The molecule has 12 heteroatoms. The molecule has 9 nitrogen and oxygen atoms in total. The van der Waals surface area contributed by atoms with Crippen molar-refractivity contribution in [3.05, 3.63) is 0 Å². The number of rotatable bonds is 5. The van der Waals surface area contributed by atoms with Gasteiger partial charge in [-0.05, 0) is 0 Å². The Labute approximate surface area is 170 Å². The van der Waals surface area contributed by atoms with Crippen LogP contribution >= 0.6 is 0 Å². The molecule has 100 valence electrons. The first-order chi connectivity index (χ1) is 5.91. The van der Waals surface area contributed by atoms with Crippen LogP contribution in [0.25, 0.3) is 0 Å². The van der Waals surface area contributed by atoms with E-state index in [1.54, 1.807) is 0 Å². The Morgan fingerprint density at radius 1 is 0.889 bits per heavy atom. The molecule has 0 unspecified atom stereocenters. The van der Waals surface area contributed by atoms with Gasteiger partial charge >= 0.3 is 94.6 Å². The van der Waals surface area contributed by atoms with E-state index < -0.39 is 37.0 Å². The molecule has 0 fully saturated rings. The van der Waals surface area contributed by atoms with Crippen LogP contribution in [0, 0.1) is 0 Å². The predicted octanol–water partition coefficient (Wildman–Crippen LogP) is -7.09. The second-order valence-electron chi connectivity index (χ2n) is 2.51. The summed E-state index contributed by atoms with van der Waals surface area (Å²) in [6.07, 6.45) is -7.84. The van der Waals surface area contributed by atoms with Crippen LogP contribution in [0.2, 0.25) is 0 Å². The Balaban J connectivity index is -0.0000000720. The summed E-state index contributed by atoms with van der Waals surface area (Å²) in [5.74, 6) is -1.73. The summed E-state index contributed by atoms with van der Waals surface area (Å²) < 4.78 is 0. The third-order valence-electron chi connectivity index (χ3n) is 1.51. The molecule has 0 aromatic carbocycles. The summed E-state index contributed by atoms with van der Waals surface area (Å²) in [6, 6.07) is 0. The van der Waals surface area contributed by atoms with E-state index in [2.05, 4.69) is 0 Å². The van der Waals surface area contributed by atoms with Crippen molar-refractivity contribution in [2.24, 2.45) is 0 Å². The third-order valence-corrected chi connectivity index (χ3v) is 1.51. The van der Waals surface area contributed by atoms with Gasteiger partial charge in [0, 0.05) is 0 Å². The van der Waals surface area contributed by atoms with Crippen LogP contribution in [0.1, 0.15) is 0 Å². The molecule has 10 N–H and O–H groups in total. The molecule has 0 rings (SSSR count). The summed E-state index contributed by atoms with van der Waals surface area (Å²) in [5, 5.41) is 51.8. The van der Waals surface area contributed by atoms with Crippen LogP contribution in [0.15, 0.2) is 0 Å². The number of aliphatic hydroxyl groups is 5. The van der Waals surface area contributed by atoms with Gasteiger partial charge in [-0.25, -0.2) is 4.79 Å². The summed E-state index contributed by atoms with van der Waals surface area (Å²) in [7, 11) is 0. The zero-order chi connectivity index (χ0) is 10.6. The van der Waals surface area contributed by atoms with Gasteiger partial charge in [-0.3, -0.25) is 0 Å². The van der Waals surface area contributed by atoms with Gasteiger partial charge < -0.3 is 41.6 Å². The van der Waals surface area contributed by atoms with Gasteiger partial charge in [0.05, 0.1) is 6.61 Å². The van der Waals surface area contributed by atoms with Crippen molar-refractivity contribution in [3.8, 4) is 0 Å². The zero-order valence-electron chi connectivity index (χ0n) is 7.61. The number of aliphatic carboxylic acids is 1. The molecule has 0 heterocycles. The Morgan fingerprint density at radius 3 is 1.44 bits per heavy atom. The molecule has 0 aliphatic carbocycles. The standard InChI is InChI=1S/C6H12O7.3Na.2H2O.3H/c7-1-2(8)3(9)4(10)5(11)6(12)13;;;;;;;;/h2-5,7-11H,1H2,(H,12,13);;;;2*1H2;;;/t2-,3-,4+,5-;;;;;;;;/m1......../s1. The van der Waals surface area contributed by atoms with Gasteiger partial charge in [-0.1, -0.05) is 0 Å². The first kappa shape index (κ1) is 36.9. The maximum absolute atomic E-state index is 10.1. The minimum atomic E-state index is -2.20. The fourth-order valence-electron chi connectivity index (χ4n) is 0.668. The molecule has 0 radical (unpaired) electrons. The molecule has 0 aliphatic heterocycles. The second kappa shape index (κ2) is 19.2. The zero-order valence-corrected chi connectivity index (χ0v) is 7.61.